The van der Waals surface area contributed by atoms with Crippen LogP contribution in [0.2, 0.25) is 0 Å². The number of alkyl halides is 4. The minimum atomic E-state index is -4.40. The number of ether oxygens (including phenoxy) is 1. The Morgan fingerprint density at radius 2 is 1.71 bits per heavy atom. The third-order valence-electron chi connectivity index (χ3n) is 3.00. The summed E-state index contributed by atoms with van der Waals surface area (Å²) in [5, 5.41) is -0.687. The fourth-order valence-electron chi connectivity index (χ4n) is 1.87. The van der Waals surface area contributed by atoms with Gasteiger partial charge in [0.05, 0.1) is 18.1 Å². The van der Waals surface area contributed by atoms with Gasteiger partial charge in [-0.2, -0.15) is 13.2 Å². The fourth-order valence-corrected chi connectivity index (χ4v) is 2.80. The maximum Gasteiger partial charge on any atom is 0.416 e. The van der Waals surface area contributed by atoms with Crippen LogP contribution in [0.5, 0.6) is 5.75 Å². The monoisotopic (exact) mass is 378 g/mol. The van der Waals surface area contributed by atoms with Crippen LogP contribution in [-0.4, -0.2) is 7.11 Å². The number of hydrogen-bond donors (Lipinski definition) is 0. The van der Waals surface area contributed by atoms with Crippen molar-refractivity contribution in [3.8, 4) is 5.75 Å². The minimum Gasteiger partial charge on any atom is -0.497 e. The average molecular weight is 380 g/mol. The van der Waals surface area contributed by atoms with E-state index in [-0.39, 0.29) is 0 Å². The highest BCUT2D eigenvalue weighted by Gasteiger charge is 2.31. The van der Waals surface area contributed by atoms with Crippen molar-refractivity contribution in [2.45, 2.75) is 11.6 Å². The Morgan fingerprint density at radius 1 is 1.10 bits per heavy atom. The molecule has 0 spiro atoms. The lowest BCUT2D eigenvalue weighted by Crippen LogP contribution is -2.06. The SMILES string of the molecule is COc1ccc(C(Cl)c2cc(C(F)(F)F)ccc2Br)cc1. The average Bonchev–Trinajstić information content (AvgIpc) is 2.46. The minimum absolute atomic E-state index is 0.372. The topological polar surface area (TPSA) is 9.23 Å². The molecule has 0 radical (unpaired) electrons. The van der Waals surface area contributed by atoms with Crippen molar-refractivity contribution in [2.24, 2.45) is 0 Å². The summed E-state index contributed by atoms with van der Waals surface area (Å²) in [6, 6.07) is 10.3. The first kappa shape index (κ1) is 16.2. The van der Waals surface area contributed by atoms with E-state index >= 15 is 0 Å². The first-order valence-electron chi connectivity index (χ1n) is 5.97. The van der Waals surface area contributed by atoms with Gasteiger partial charge in [0.2, 0.25) is 0 Å². The molecule has 2 aromatic rings. The molecule has 1 unspecified atom stereocenters. The van der Waals surface area contributed by atoms with Crippen molar-refractivity contribution in [1.29, 1.82) is 0 Å². The summed E-state index contributed by atoms with van der Waals surface area (Å²) < 4.78 is 43.9. The molecule has 0 N–H and O–H groups in total. The molecule has 0 fully saturated rings. The second-order valence-corrected chi connectivity index (χ2v) is 5.66. The van der Waals surface area contributed by atoms with E-state index in [0.29, 0.717) is 21.3 Å². The van der Waals surface area contributed by atoms with Crippen molar-refractivity contribution in [3.05, 3.63) is 63.6 Å². The first-order chi connectivity index (χ1) is 9.82. The van der Waals surface area contributed by atoms with Crippen molar-refractivity contribution < 1.29 is 17.9 Å². The van der Waals surface area contributed by atoms with Crippen LogP contribution >= 0.6 is 27.5 Å². The van der Waals surface area contributed by atoms with E-state index in [2.05, 4.69) is 15.9 Å². The van der Waals surface area contributed by atoms with E-state index in [9.17, 15) is 13.2 Å². The van der Waals surface area contributed by atoms with Gasteiger partial charge in [-0.1, -0.05) is 28.1 Å². The molecule has 2 rings (SSSR count). The second-order valence-electron chi connectivity index (χ2n) is 4.37. The van der Waals surface area contributed by atoms with Crippen LogP contribution in [0.15, 0.2) is 46.9 Å². The molecule has 0 saturated heterocycles. The molecule has 2 aromatic carbocycles. The van der Waals surface area contributed by atoms with Crippen LogP contribution in [0.3, 0.4) is 0 Å². The van der Waals surface area contributed by atoms with Gasteiger partial charge in [0.1, 0.15) is 5.75 Å². The Morgan fingerprint density at radius 3 is 2.24 bits per heavy atom. The molecule has 1 nitrogen and oxygen atoms in total. The van der Waals surface area contributed by atoms with Crippen molar-refractivity contribution in [3.63, 3.8) is 0 Å². The Labute approximate surface area is 133 Å². The van der Waals surface area contributed by atoms with E-state index in [1.807, 2.05) is 0 Å². The van der Waals surface area contributed by atoms with Crippen molar-refractivity contribution in [1.82, 2.24) is 0 Å². The van der Waals surface area contributed by atoms with Gasteiger partial charge in [-0.05, 0) is 41.5 Å². The second kappa shape index (κ2) is 6.28. The zero-order valence-corrected chi connectivity index (χ0v) is 13.3. The van der Waals surface area contributed by atoms with Gasteiger partial charge in [-0.3, -0.25) is 0 Å². The van der Waals surface area contributed by atoms with E-state index in [4.69, 9.17) is 16.3 Å². The molecule has 6 heteroatoms. The summed E-state index contributed by atoms with van der Waals surface area (Å²) in [5.41, 5.74) is 0.342. The van der Waals surface area contributed by atoms with Crippen LogP contribution in [0.1, 0.15) is 22.1 Å². The molecule has 21 heavy (non-hydrogen) atoms. The van der Waals surface area contributed by atoms with Crippen LogP contribution in [0.4, 0.5) is 13.2 Å². The quantitative estimate of drug-likeness (QED) is 0.612. The molecule has 0 aliphatic carbocycles. The fraction of sp³-hybridized carbons (Fsp3) is 0.200. The van der Waals surface area contributed by atoms with E-state index in [1.165, 1.54) is 13.2 Å². The van der Waals surface area contributed by atoms with Gasteiger partial charge in [0.25, 0.3) is 0 Å². The Kier molecular flexibility index (Phi) is 4.84. The number of methoxy groups -OCH3 is 1. The molecular formula is C15H11BrClF3O. The molecule has 0 amide bonds. The van der Waals surface area contributed by atoms with E-state index in [0.717, 1.165) is 12.1 Å². The largest absolute Gasteiger partial charge is 0.497 e. The molecule has 0 bridgehead atoms. The summed E-state index contributed by atoms with van der Waals surface area (Å²) in [5.74, 6) is 0.658. The highest BCUT2D eigenvalue weighted by molar-refractivity contribution is 9.10. The molecule has 0 saturated carbocycles. The lowest BCUT2D eigenvalue weighted by Gasteiger charge is -2.15. The summed E-state index contributed by atoms with van der Waals surface area (Å²) in [6.07, 6.45) is -4.40. The lowest BCUT2D eigenvalue weighted by atomic mass is 10.0. The zero-order valence-electron chi connectivity index (χ0n) is 10.9. The molecular weight excluding hydrogens is 369 g/mol. The predicted molar refractivity (Wildman–Crippen MR) is 79.8 cm³/mol. The normalized spacial score (nSPS) is 13.0. The third kappa shape index (κ3) is 3.71. The van der Waals surface area contributed by atoms with Crippen LogP contribution in [-0.2, 0) is 6.18 Å². The number of rotatable bonds is 3. The van der Waals surface area contributed by atoms with Gasteiger partial charge in [-0.15, -0.1) is 11.6 Å². The summed E-state index contributed by atoms with van der Waals surface area (Å²) in [7, 11) is 1.54. The molecule has 0 aromatic heterocycles. The Hall–Kier alpha value is -1.20. The summed E-state index contributed by atoms with van der Waals surface area (Å²) >= 11 is 9.56. The standard InChI is InChI=1S/C15H11BrClF3O/c1-21-11-5-2-9(3-6-11)14(17)12-8-10(15(18,19)20)4-7-13(12)16/h2-8,14H,1H3. The van der Waals surface area contributed by atoms with E-state index < -0.39 is 17.1 Å². The maximum absolute atomic E-state index is 12.8. The highest BCUT2D eigenvalue weighted by atomic mass is 79.9. The highest BCUT2D eigenvalue weighted by Crippen LogP contribution is 2.38. The van der Waals surface area contributed by atoms with Crippen LogP contribution in [0.25, 0.3) is 0 Å². The molecule has 0 aliphatic rings. The van der Waals surface area contributed by atoms with Gasteiger partial charge in [-0.25, -0.2) is 0 Å². The Balaban J connectivity index is 2.39. The maximum atomic E-state index is 12.8. The van der Waals surface area contributed by atoms with Gasteiger partial charge < -0.3 is 4.74 Å². The van der Waals surface area contributed by atoms with Crippen molar-refractivity contribution >= 4 is 27.5 Å². The summed E-state index contributed by atoms with van der Waals surface area (Å²) in [4.78, 5) is 0. The van der Waals surface area contributed by atoms with E-state index in [1.54, 1.807) is 24.3 Å². The predicted octanol–water partition coefficient (Wildman–Crippen LogP) is 5.80. The third-order valence-corrected chi connectivity index (χ3v) is 4.21. The van der Waals surface area contributed by atoms with Crippen LogP contribution < -0.4 is 4.74 Å². The Bertz CT molecular complexity index is 626. The first-order valence-corrected chi connectivity index (χ1v) is 7.20. The van der Waals surface area contributed by atoms with Gasteiger partial charge >= 0.3 is 6.18 Å². The molecule has 0 heterocycles. The van der Waals surface area contributed by atoms with Crippen molar-refractivity contribution in [2.75, 3.05) is 7.11 Å². The molecule has 112 valence electrons. The molecule has 0 aliphatic heterocycles. The number of benzene rings is 2. The summed E-state index contributed by atoms with van der Waals surface area (Å²) in [6.45, 7) is 0. The zero-order chi connectivity index (χ0) is 15.6. The van der Waals surface area contributed by atoms with Gasteiger partial charge in [0, 0.05) is 4.47 Å². The smallest absolute Gasteiger partial charge is 0.416 e. The molecule has 1 atom stereocenters. The van der Waals surface area contributed by atoms with Gasteiger partial charge in [0.15, 0.2) is 0 Å². The lowest BCUT2D eigenvalue weighted by molar-refractivity contribution is -0.137. The van der Waals surface area contributed by atoms with Crippen LogP contribution in [0, 0.1) is 0 Å². The number of halogens is 5. The number of hydrogen-bond acceptors (Lipinski definition) is 1.